The molecule has 0 unspecified atom stereocenters. The van der Waals surface area contributed by atoms with Crippen LogP contribution in [0.3, 0.4) is 0 Å². The predicted molar refractivity (Wildman–Crippen MR) is 142 cm³/mol. The maximum atomic E-state index is 12.6. The van der Waals surface area contributed by atoms with Gasteiger partial charge in [0.25, 0.3) is 11.5 Å². The number of nitriles is 1. The third-order valence-corrected chi connectivity index (χ3v) is 6.80. The Kier molecular flexibility index (Phi) is 8.50. The minimum absolute atomic E-state index is 0.0185. The van der Waals surface area contributed by atoms with Crippen LogP contribution in [0, 0.1) is 11.3 Å². The molecule has 2 N–H and O–H groups in total. The second-order valence-electron chi connectivity index (χ2n) is 7.85. The van der Waals surface area contributed by atoms with E-state index < -0.39 is 17.7 Å². The molecule has 0 aliphatic carbocycles. The number of anilines is 1. The van der Waals surface area contributed by atoms with Crippen LogP contribution in [0.25, 0.3) is 11.3 Å². The summed E-state index contributed by atoms with van der Waals surface area (Å²) >= 11 is 13.0. The van der Waals surface area contributed by atoms with E-state index in [1.165, 1.54) is 24.3 Å². The predicted octanol–water partition coefficient (Wildman–Crippen LogP) is 7.06. The Morgan fingerprint density at radius 1 is 1.08 bits per heavy atom. The van der Waals surface area contributed by atoms with Crippen molar-refractivity contribution in [3.05, 3.63) is 104 Å². The molecule has 4 rings (SSSR count). The number of benzene rings is 3. The zero-order valence-electron chi connectivity index (χ0n) is 19.5. The number of aromatic amines is 1. The van der Waals surface area contributed by atoms with Crippen molar-refractivity contribution in [2.75, 3.05) is 5.32 Å². The molecule has 0 atom stereocenters. The fraction of sp³-hybridized carbons (Fsp3) is 0.0769. The number of amides is 1. The van der Waals surface area contributed by atoms with E-state index >= 15 is 0 Å². The van der Waals surface area contributed by atoms with E-state index in [9.17, 15) is 28.0 Å². The molecule has 0 saturated carbocycles. The highest BCUT2D eigenvalue weighted by atomic mass is 35.5. The molecule has 7 nitrogen and oxygen atoms in total. The Hall–Kier alpha value is -3.98. The number of thioether (sulfide) groups is 1. The van der Waals surface area contributed by atoms with Gasteiger partial charge in [-0.3, -0.25) is 9.59 Å². The van der Waals surface area contributed by atoms with Gasteiger partial charge in [0.2, 0.25) is 0 Å². The first-order valence-corrected chi connectivity index (χ1v) is 12.7. The zero-order chi connectivity index (χ0) is 28.2. The van der Waals surface area contributed by atoms with Gasteiger partial charge < -0.3 is 15.0 Å². The first-order valence-electron chi connectivity index (χ1n) is 10.9. The number of hydrogen-bond donors (Lipinski definition) is 2. The fourth-order valence-corrected chi connectivity index (χ4v) is 4.48. The molecule has 3 aromatic carbocycles. The smallest absolute Gasteiger partial charge is 0.406 e. The molecule has 0 saturated heterocycles. The number of hydrogen-bond acceptors (Lipinski definition) is 6. The van der Waals surface area contributed by atoms with Crippen molar-refractivity contribution in [3.8, 4) is 23.1 Å². The summed E-state index contributed by atoms with van der Waals surface area (Å²) in [6.07, 6.45) is -4.85. The molecule has 0 radical (unpaired) electrons. The van der Waals surface area contributed by atoms with Gasteiger partial charge in [0.15, 0.2) is 5.16 Å². The Morgan fingerprint density at radius 3 is 2.49 bits per heavy atom. The largest absolute Gasteiger partial charge is 0.573 e. The third-order valence-electron chi connectivity index (χ3n) is 5.11. The number of aromatic nitrogens is 2. The van der Waals surface area contributed by atoms with E-state index in [-0.39, 0.29) is 32.9 Å². The van der Waals surface area contributed by atoms with Gasteiger partial charge in [0, 0.05) is 22.6 Å². The van der Waals surface area contributed by atoms with Gasteiger partial charge >= 0.3 is 6.36 Å². The minimum Gasteiger partial charge on any atom is -0.406 e. The highest BCUT2D eigenvalue weighted by Gasteiger charge is 2.31. The monoisotopic (exact) mass is 590 g/mol. The van der Waals surface area contributed by atoms with Crippen molar-refractivity contribution < 1.29 is 22.7 Å². The van der Waals surface area contributed by atoms with Crippen LogP contribution in [0.15, 0.2) is 76.7 Å². The highest BCUT2D eigenvalue weighted by Crippen LogP contribution is 2.29. The van der Waals surface area contributed by atoms with E-state index in [4.69, 9.17) is 23.2 Å². The number of carbonyl (C=O) groups is 1. The molecule has 1 amide bonds. The average Bonchev–Trinajstić information content (AvgIpc) is 2.88. The quantitative estimate of drug-likeness (QED) is 0.176. The normalized spacial score (nSPS) is 11.1. The summed E-state index contributed by atoms with van der Waals surface area (Å²) in [5.41, 5.74) is 0.945. The van der Waals surface area contributed by atoms with Gasteiger partial charge in [-0.25, -0.2) is 4.98 Å². The molecule has 1 aromatic heterocycles. The van der Waals surface area contributed by atoms with Crippen LogP contribution in [0.1, 0.15) is 21.5 Å². The molecular formula is C26H15Cl2F3N4O3S. The van der Waals surface area contributed by atoms with Crippen molar-refractivity contribution in [2.24, 2.45) is 0 Å². The van der Waals surface area contributed by atoms with E-state index in [2.05, 4.69) is 20.0 Å². The lowest BCUT2D eigenvalue weighted by molar-refractivity contribution is -0.274. The van der Waals surface area contributed by atoms with Crippen LogP contribution >= 0.6 is 35.0 Å². The van der Waals surface area contributed by atoms with E-state index in [0.29, 0.717) is 22.0 Å². The third kappa shape index (κ3) is 7.32. The highest BCUT2D eigenvalue weighted by molar-refractivity contribution is 7.98. The van der Waals surface area contributed by atoms with Crippen molar-refractivity contribution in [1.82, 2.24) is 9.97 Å². The number of nitrogens with zero attached hydrogens (tertiary/aromatic N) is 2. The number of halogens is 5. The average molecular weight is 591 g/mol. The Morgan fingerprint density at radius 2 is 1.82 bits per heavy atom. The molecule has 39 heavy (non-hydrogen) atoms. The van der Waals surface area contributed by atoms with Crippen LogP contribution in [0.4, 0.5) is 18.9 Å². The number of nitrogens with one attached hydrogen (secondary N) is 2. The molecule has 0 spiro atoms. The Balaban J connectivity index is 1.50. The maximum Gasteiger partial charge on any atom is 0.573 e. The van der Waals surface area contributed by atoms with Gasteiger partial charge in [-0.2, -0.15) is 5.26 Å². The van der Waals surface area contributed by atoms with Gasteiger partial charge in [0.05, 0.1) is 15.7 Å². The number of ether oxygens (including phenoxy) is 1. The maximum absolute atomic E-state index is 12.6. The summed E-state index contributed by atoms with van der Waals surface area (Å²) in [5, 5.41) is 13.0. The van der Waals surface area contributed by atoms with Crippen molar-refractivity contribution >= 4 is 46.6 Å². The fourth-order valence-electron chi connectivity index (χ4n) is 3.38. The summed E-state index contributed by atoms with van der Waals surface area (Å²) in [7, 11) is 0. The van der Waals surface area contributed by atoms with Crippen LogP contribution in [0.2, 0.25) is 10.0 Å². The molecule has 1 heterocycles. The van der Waals surface area contributed by atoms with E-state index in [1.807, 2.05) is 6.07 Å². The second-order valence-corrected chi connectivity index (χ2v) is 9.63. The molecule has 0 aliphatic heterocycles. The molecule has 0 fully saturated rings. The number of alkyl halides is 3. The lowest BCUT2D eigenvalue weighted by Gasteiger charge is -2.10. The van der Waals surface area contributed by atoms with Crippen LogP contribution in [-0.2, 0) is 5.75 Å². The summed E-state index contributed by atoms with van der Waals surface area (Å²) < 4.78 is 41.2. The summed E-state index contributed by atoms with van der Waals surface area (Å²) in [5.74, 6) is -0.494. The Labute approximate surface area is 233 Å². The first-order chi connectivity index (χ1) is 18.5. The van der Waals surface area contributed by atoms with E-state index in [1.54, 1.807) is 30.3 Å². The van der Waals surface area contributed by atoms with Crippen molar-refractivity contribution in [3.63, 3.8) is 0 Å². The SMILES string of the molecule is N#Cc1c(-c2ccc(OC(F)(F)F)cc2)nc(SCc2cccc(NC(=O)c3ccc(Cl)c(Cl)c3)c2)[nH]c1=O. The minimum atomic E-state index is -4.85. The molecule has 13 heteroatoms. The molecule has 4 aromatic rings. The summed E-state index contributed by atoms with van der Waals surface area (Å²) in [6.45, 7) is 0. The van der Waals surface area contributed by atoms with Crippen LogP contribution in [0.5, 0.6) is 5.75 Å². The zero-order valence-corrected chi connectivity index (χ0v) is 21.8. The topological polar surface area (TPSA) is 108 Å². The van der Waals surface area contributed by atoms with Crippen molar-refractivity contribution in [1.29, 1.82) is 5.26 Å². The van der Waals surface area contributed by atoms with Gasteiger partial charge in [0.1, 0.15) is 17.4 Å². The number of carbonyl (C=O) groups excluding carboxylic acids is 1. The van der Waals surface area contributed by atoms with Gasteiger partial charge in [-0.05, 0) is 60.2 Å². The standard InChI is InChI=1S/C26H15Cl2F3N4O3S/c27-20-9-6-16(11-21(20)28)23(36)33-17-3-1-2-14(10-17)13-39-25-34-22(19(12-32)24(37)35-25)15-4-7-18(8-5-15)38-26(29,30)31/h1-11H,13H2,(H,33,36)(H,34,35,37). The lowest BCUT2D eigenvalue weighted by atomic mass is 10.1. The van der Waals surface area contributed by atoms with Crippen molar-refractivity contribution in [2.45, 2.75) is 17.3 Å². The molecule has 0 aliphatic rings. The Bertz CT molecular complexity index is 1640. The molecule has 0 bridgehead atoms. The molecule has 198 valence electrons. The van der Waals surface area contributed by atoms with Gasteiger partial charge in [-0.1, -0.05) is 47.1 Å². The second kappa shape index (κ2) is 11.8. The number of rotatable bonds is 7. The van der Waals surface area contributed by atoms with Crippen LogP contribution < -0.4 is 15.6 Å². The van der Waals surface area contributed by atoms with Crippen LogP contribution in [-0.4, -0.2) is 22.2 Å². The van der Waals surface area contributed by atoms with E-state index in [0.717, 1.165) is 29.5 Å². The molecular weight excluding hydrogens is 576 g/mol. The first kappa shape index (κ1) is 28.0. The summed E-state index contributed by atoms with van der Waals surface area (Å²) in [6, 6.07) is 18.0. The van der Waals surface area contributed by atoms with Gasteiger partial charge in [-0.15, -0.1) is 13.2 Å². The lowest BCUT2D eigenvalue weighted by Crippen LogP contribution is -2.17. The number of H-pyrrole nitrogens is 1. The summed E-state index contributed by atoms with van der Waals surface area (Å²) in [4.78, 5) is 32.0.